The van der Waals surface area contributed by atoms with Crippen LogP contribution in [0, 0.1) is 0 Å². The van der Waals surface area contributed by atoms with E-state index in [9.17, 15) is 23.5 Å². The van der Waals surface area contributed by atoms with Crippen LogP contribution in [0.15, 0.2) is 33.9 Å². The number of hydrogen-bond acceptors (Lipinski definition) is 3. The van der Waals surface area contributed by atoms with Crippen LogP contribution in [0.2, 0.25) is 5.02 Å². The summed E-state index contributed by atoms with van der Waals surface area (Å²) < 4.78 is 25.2. The molecule has 0 radical (unpaired) electrons. The van der Waals surface area contributed by atoms with Gasteiger partial charge in [0.1, 0.15) is 5.56 Å². The molecule has 106 valence electrons. The first-order valence-corrected chi connectivity index (χ1v) is 5.88. The van der Waals surface area contributed by atoms with Crippen molar-refractivity contribution in [1.82, 2.24) is 9.55 Å². The third kappa shape index (κ3) is 2.72. The normalized spacial score (nSPS) is 11.0. The molecule has 0 fully saturated rings. The number of alkyl halides is 2. The van der Waals surface area contributed by atoms with E-state index in [1.807, 2.05) is 4.98 Å². The Bertz CT molecular complexity index is 738. The highest BCUT2D eigenvalue weighted by atomic mass is 35.5. The minimum absolute atomic E-state index is 0.260. The summed E-state index contributed by atoms with van der Waals surface area (Å²) in [6, 6.07) is 5.81. The van der Waals surface area contributed by atoms with Crippen molar-refractivity contribution in [3.8, 4) is 17.0 Å². The van der Waals surface area contributed by atoms with Crippen LogP contribution in [0.1, 0.15) is 0 Å². The smallest absolute Gasteiger partial charge is 0.331 e. The Balaban J connectivity index is 2.67. The molecule has 1 heterocycles. The highest BCUT2D eigenvalue weighted by Gasteiger charge is 2.18. The van der Waals surface area contributed by atoms with Crippen LogP contribution in [0.25, 0.3) is 11.1 Å². The third-order valence-corrected chi connectivity index (χ3v) is 2.88. The van der Waals surface area contributed by atoms with Crippen molar-refractivity contribution in [1.29, 1.82) is 0 Å². The van der Waals surface area contributed by atoms with Gasteiger partial charge in [-0.3, -0.25) is 14.3 Å². The lowest BCUT2D eigenvalue weighted by atomic mass is 10.1. The van der Waals surface area contributed by atoms with Crippen molar-refractivity contribution in [2.45, 2.75) is 13.0 Å². The van der Waals surface area contributed by atoms with Crippen molar-refractivity contribution in [2.24, 2.45) is 0 Å². The molecular formula is C12H9ClF2N2O3. The molecule has 0 aliphatic rings. The quantitative estimate of drug-likeness (QED) is 0.908. The van der Waals surface area contributed by atoms with Crippen LogP contribution in [0.5, 0.6) is 5.88 Å². The summed E-state index contributed by atoms with van der Waals surface area (Å²) in [5.74, 6) is -0.804. The summed E-state index contributed by atoms with van der Waals surface area (Å²) in [6.45, 7) is -1.01. The van der Waals surface area contributed by atoms with E-state index in [4.69, 9.17) is 11.6 Å². The zero-order valence-corrected chi connectivity index (χ0v) is 10.7. The Hall–Kier alpha value is -2.15. The average Bonchev–Trinajstić information content (AvgIpc) is 2.36. The second kappa shape index (κ2) is 5.46. The van der Waals surface area contributed by atoms with Crippen LogP contribution in [0.4, 0.5) is 8.78 Å². The first-order valence-electron chi connectivity index (χ1n) is 5.50. The minimum Gasteiger partial charge on any atom is -0.494 e. The Morgan fingerprint density at radius 2 is 1.85 bits per heavy atom. The van der Waals surface area contributed by atoms with E-state index in [0.29, 0.717) is 9.59 Å². The Kier molecular flexibility index (Phi) is 3.89. The summed E-state index contributed by atoms with van der Waals surface area (Å²) in [4.78, 5) is 25.1. The standard InChI is InChI=1S/C12H9ClF2N2O3/c13-7-3-1-6(2-4-7)9-10(18)16-12(20)17(11(9)19)5-8(14)15/h1-4,8,19H,5H2,(H,16,18,20). The highest BCUT2D eigenvalue weighted by molar-refractivity contribution is 6.30. The summed E-state index contributed by atoms with van der Waals surface area (Å²) in [5.41, 5.74) is -1.95. The Labute approximate surface area is 116 Å². The molecular weight excluding hydrogens is 294 g/mol. The summed E-state index contributed by atoms with van der Waals surface area (Å²) in [6.07, 6.45) is -2.84. The Morgan fingerprint density at radius 1 is 1.25 bits per heavy atom. The second-order valence-corrected chi connectivity index (χ2v) is 4.40. The van der Waals surface area contributed by atoms with Gasteiger partial charge < -0.3 is 5.11 Å². The van der Waals surface area contributed by atoms with Gasteiger partial charge in [-0.2, -0.15) is 0 Å². The molecule has 5 nitrogen and oxygen atoms in total. The predicted octanol–water partition coefficient (Wildman–Crippen LogP) is 1.83. The lowest BCUT2D eigenvalue weighted by Gasteiger charge is -2.11. The molecule has 1 aromatic carbocycles. The van der Waals surface area contributed by atoms with Crippen LogP contribution >= 0.6 is 11.6 Å². The first-order chi connectivity index (χ1) is 9.40. The zero-order valence-electron chi connectivity index (χ0n) is 9.94. The average molecular weight is 303 g/mol. The van der Waals surface area contributed by atoms with E-state index in [2.05, 4.69) is 0 Å². The molecule has 2 aromatic rings. The van der Waals surface area contributed by atoms with Crippen molar-refractivity contribution >= 4 is 11.6 Å². The fourth-order valence-electron chi connectivity index (χ4n) is 1.74. The molecule has 0 unspecified atom stereocenters. The van der Waals surface area contributed by atoms with Gasteiger partial charge in [-0.05, 0) is 17.7 Å². The van der Waals surface area contributed by atoms with E-state index < -0.39 is 30.1 Å². The molecule has 2 rings (SSSR count). The van der Waals surface area contributed by atoms with Gasteiger partial charge in [-0.1, -0.05) is 23.7 Å². The van der Waals surface area contributed by atoms with Crippen LogP contribution in [-0.2, 0) is 6.54 Å². The number of rotatable bonds is 3. The molecule has 0 spiro atoms. The SMILES string of the molecule is O=c1[nH]c(=O)n(CC(F)F)c(O)c1-c1ccc(Cl)cc1. The lowest BCUT2D eigenvalue weighted by Crippen LogP contribution is -2.32. The van der Waals surface area contributed by atoms with Crippen LogP contribution < -0.4 is 11.2 Å². The molecule has 8 heteroatoms. The molecule has 0 saturated heterocycles. The second-order valence-electron chi connectivity index (χ2n) is 3.97. The number of aromatic hydroxyl groups is 1. The van der Waals surface area contributed by atoms with Crippen LogP contribution in [-0.4, -0.2) is 21.1 Å². The van der Waals surface area contributed by atoms with Crippen molar-refractivity contribution in [2.75, 3.05) is 0 Å². The molecule has 0 saturated carbocycles. The molecule has 1 aromatic heterocycles. The fraction of sp³-hybridized carbons (Fsp3) is 0.167. The number of nitrogens with one attached hydrogen (secondary N) is 1. The van der Waals surface area contributed by atoms with E-state index >= 15 is 0 Å². The van der Waals surface area contributed by atoms with Gasteiger partial charge in [-0.25, -0.2) is 13.6 Å². The lowest BCUT2D eigenvalue weighted by molar-refractivity contribution is 0.120. The number of nitrogens with zero attached hydrogens (tertiary/aromatic N) is 1. The molecule has 20 heavy (non-hydrogen) atoms. The van der Waals surface area contributed by atoms with Gasteiger partial charge in [0.2, 0.25) is 5.88 Å². The largest absolute Gasteiger partial charge is 0.494 e. The summed E-state index contributed by atoms with van der Waals surface area (Å²) in [5, 5.41) is 10.3. The molecule has 0 bridgehead atoms. The number of aromatic amines is 1. The fourth-order valence-corrected chi connectivity index (χ4v) is 1.87. The van der Waals surface area contributed by atoms with Crippen molar-refractivity contribution in [3.05, 3.63) is 50.1 Å². The maximum absolute atomic E-state index is 12.4. The highest BCUT2D eigenvalue weighted by Crippen LogP contribution is 2.25. The number of benzene rings is 1. The monoisotopic (exact) mass is 302 g/mol. The van der Waals surface area contributed by atoms with Gasteiger partial charge in [-0.15, -0.1) is 0 Å². The molecule has 2 N–H and O–H groups in total. The van der Waals surface area contributed by atoms with Gasteiger partial charge >= 0.3 is 5.69 Å². The van der Waals surface area contributed by atoms with E-state index in [0.717, 1.165) is 0 Å². The Morgan fingerprint density at radius 3 is 2.40 bits per heavy atom. The van der Waals surface area contributed by atoms with E-state index in [1.165, 1.54) is 24.3 Å². The van der Waals surface area contributed by atoms with Crippen molar-refractivity contribution in [3.63, 3.8) is 0 Å². The number of hydrogen-bond donors (Lipinski definition) is 2. The van der Waals surface area contributed by atoms with Gasteiger partial charge in [0, 0.05) is 5.02 Å². The third-order valence-electron chi connectivity index (χ3n) is 2.63. The zero-order chi connectivity index (χ0) is 14.9. The van der Waals surface area contributed by atoms with Crippen molar-refractivity contribution < 1.29 is 13.9 Å². The topological polar surface area (TPSA) is 75.1 Å². The molecule has 0 atom stereocenters. The summed E-state index contributed by atoms with van der Waals surface area (Å²) in [7, 11) is 0. The molecule has 0 amide bonds. The molecule has 0 aliphatic heterocycles. The number of aromatic nitrogens is 2. The van der Waals surface area contributed by atoms with Gasteiger partial charge in [0.05, 0.1) is 6.54 Å². The number of halogens is 3. The first kappa shape index (κ1) is 14.3. The van der Waals surface area contributed by atoms with E-state index in [-0.39, 0.29) is 11.1 Å². The maximum Gasteiger partial charge on any atom is 0.331 e. The maximum atomic E-state index is 12.4. The summed E-state index contributed by atoms with van der Waals surface area (Å²) >= 11 is 5.70. The van der Waals surface area contributed by atoms with Gasteiger partial charge in [0.15, 0.2) is 0 Å². The minimum atomic E-state index is -2.84. The predicted molar refractivity (Wildman–Crippen MR) is 69.4 cm³/mol. The molecule has 0 aliphatic carbocycles. The van der Waals surface area contributed by atoms with Crippen LogP contribution in [0.3, 0.4) is 0 Å². The van der Waals surface area contributed by atoms with E-state index in [1.54, 1.807) is 0 Å². The van der Waals surface area contributed by atoms with Gasteiger partial charge in [0.25, 0.3) is 12.0 Å². The number of H-pyrrole nitrogens is 1.